The number of ether oxygens (including phenoxy) is 1. The van der Waals surface area contributed by atoms with Crippen molar-refractivity contribution in [1.82, 2.24) is 20.1 Å². The average Bonchev–Trinajstić information content (AvgIpc) is 3.51. The van der Waals surface area contributed by atoms with Gasteiger partial charge >= 0.3 is 12.4 Å². The molecular weight excluding hydrogens is 632 g/mol. The van der Waals surface area contributed by atoms with E-state index in [2.05, 4.69) is 39.0 Å². The molecule has 1 saturated heterocycles. The maximum Gasteiger partial charge on any atom is 0.573 e. The van der Waals surface area contributed by atoms with Gasteiger partial charge in [0.1, 0.15) is 17.9 Å². The molecule has 0 spiro atoms. The third-order valence-corrected chi connectivity index (χ3v) is 8.59. The Morgan fingerprint density at radius 3 is 2.47 bits per heavy atom. The quantitative estimate of drug-likeness (QED) is 0.181. The number of carbonyl (C=O) groups excluding carboxylic acids is 1. The Balaban J connectivity index is 1.18. The van der Waals surface area contributed by atoms with Crippen molar-refractivity contribution in [3.8, 4) is 22.8 Å². The molecule has 5 rings (SSSR count). The molecule has 0 unspecified atom stereocenters. The molecule has 1 aliphatic heterocycles. The highest BCUT2D eigenvalue weighted by atomic mass is 32.2. The summed E-state index contributed by atoms with van der Waals surface area (Å²) in [5.41, 5.74) is 3.85. The Kier molecular flexibility index (Phi) is 10.2. The molecule has 2 heterocycles. The maximum atomic E-state index is 14.0. The second kappa shape index (κ2) is 14.2. The maximum absolute atomic E-state index is 14.0. The van der Waals surface area contributed by atoms with Gasteiger partial charge in [0.25, 0.3) is 0 Å². The molecule has 47 heavy (non-hydrogen) atoms. The summed E-state index contributed by atoms with van der Waals surface area (Å²) in [6.45, 7) is 9.28. The number of benzene rings is 3. The molecule has 0 atom stereocenters. The zero-order valence-corrected chi connectivity index (χ0v) is 27.3. The van der Waals surface area contributed by atoms with Crippen LogP contribution >= 0.6 is 11.8 Å². The SMILES string of the molecule is CC(C)c1cc(F)ccc1N1CCCS/C1=N\C(=O)NCC(C)(C)Cc1ccc(-c2ncn(-c3ccc(OC(F)(F)F)cc3)n2)cc1. The lowest BCUT2D eigenvalue weighted by atomic mass is 9.85. The van der Waals surface area contributed by atoms with E-state index in [0.29, 0.717) is 36.2 Å². The Morgan fingerprint density at radius 1 is 1.06 bits per heavy atom. The van der Waals surface area contributed by atoms with Gasteiger partial charge in [0.15, 0.2) is 11.0 Å². The summed E-state index contributed by atoms with van der Waals surface area (Å²) in [6, 6.07) is 17.5. The van der Waals surface area contributed by atoms with Crippen LogP contribution in [-0.4, -0.2) is 51.2 Å². The minimum atomic E-state index is -4.76. The summed E-state index contributed by atoms with van der Waals surface area (Å²) < 4.78 is 56.7. The number of hydrogen-bond donors (Lipinski definition) is 1. The number of aliphatic imine (C=N–C) groups is 1. The number of amides is 2. The van der Waals surface area contributed by atoms with Crippen LogP contribution in [0.15, 0.2) is 78.0 Å². The molecule has 13 heteroatoms. The molecule has 0 saturated carbocycles. The van der Waals surface area contributed by atoms with Gasteiger partial charge in [-0.1, -0.05) is 63.7 Å². The average molecular weight is 669 g/mol. The van der Waals surface area contributed by atoms with Crippen molar-refractivity contribution in [3.05, 3.63) is 90.0 Å². The van der Waals surface area contributed by atoms with Crippen LogP contribution in [0.1, 0.15) is 51.2 Å². The first-order chi connectivity index (χ1) is 22.3. The molecule has 2 amide bonds. The van der Waals surface area contributed by atoms with Crippen LogP contribution in [0.25, 0.3) is 17.1 Å². The summed E-state index contributed by atoms with van der Waals surface area (Å²) in [5, 5.41) is 8.04. The number of nitrogens with zero attached hydrogens (tertiary/aromatic N) is 5. The number of urea groups is 1. The van der Waals surface area contributed by atoms with Crippen molar-refractivity contribution >= 4 is 28.6 Å². The summed E-state index contributed by atoms with van der Waals surface area (Å²) >= 11 is 1.52. The highest BCUT2D eigenvalue weighted by molar-refractivity contribution is 8.14. The molecule has 0 radical (unpaired) electrons. The smallest absolute Gasteiger partial charge is 0.406 e. The van der Waals surface area contributed by atoms with Gasteiger partial charge in [-0.2, -0.15) is 4.99 Å². The molecule has 0 bridgehead atoms. The Labute approximate surface area is 275 Å². The molecule has 0 aliphatic carbocycles. The predicted octanol–water partition coefficient (Wildman–Crippen LogP) is 8.37. The number of hydrogen-bond acceptors (Lipinski definition) is 5. The topological polar surface area (TPSA) is 84.6 Å². The number of amidine groups is 1. The summed E-state index contributed by atoms with van der Waals surface area (Å²) in [6.07, 6.45) is -1.64. The molecule has 1 aromatic heterocycles. The first-order valence-corrected chi connectivity index (χ1v) is 16.2. The van der Waals surface area contributed by atoms with E-state index >= 15 is 0 Å². The van der Waals surface area contributed by atoms with Crippen LogP contribution in [-0.2, 0) is 6.42 Å². The van der Waals surface area contributed by atoms with Gasteiger partial charge in [0, 0.05) is 30.1 Å². The van der Waals surface area contributed by atoms with Gasteiger partial charge in [-0.15, -0.1) is 18.3 Å². The lowest BCUT2D eigenvalue weighted by Gasteiger charge is -2.32. The van der Waals surface area contributed by atoms with Gasteiger partial charge in [-0.05, 0) is 77.8 Å². The third kappa shape index (κ3) is 9.12. The zero-order chi connectivity index (χ0) is 33.8. The Morgan fingerprint density at radius 2 is 1.79 bits per heavy atom. The van der Waals surface area contributed by atoms with Gasteiger partial charge in [-0.25, -0.2) is 18.9 Å². The van der Waals surface area contributed by atoms with E-state index in [1.54, 1.807) is 12.1 Å². The van der Waals surface area contributed by atoms with Crippen LogP contribution in [0.4, 0.5) is 28.0 Å². The zero-order valence-electron chi connectivity index (χ0n) is 26.5. The fourth-order valence-corrected chi connectivity index (χ4v) is 6.21. The molecule has 248 valence electrons. The number of halogens is 4. The van der Waals surface area contributed by atoms with Crippen LogP contribution in [0.2, 0.25) is 0 Å². The van der Waals surface area contributed by atoms with Gasteiger partial charge < -0.3 is 15.0 Å². The highest BCUT2D eigenvalue weighted by Gasteiger charge is 2.31. The van der Waals surface area contributed by atoms with Crippen molar-refractivity contribution in [2.24, 2.45) is 10.4 Å². The number of aromatic nitrogens is 3. The second-order valence-electron chi connectivity index (χ2n) is 12.4. The number of rotatable bonds is 9. The van der Waals surface area contributed by atoms with E-state index in [-0.39, 0.29) is 22.9 Å². The highest BCUT2D eigenvalue weighted by Crippen LogP contribution is 2.33. The van der Waals surface area contributed by atoms with E-state index in [4.69, 9.17) is 0 Å². The third-order valence-electron chi connectivity index (χ3n) is 7.53. The number of nitrogens with one attached hydrogen (secondary N) is 1. The largest absolute Gasteiger partial charge is 0.573 e. The standard InChI is InChI=1S/C34H36F4N6O2S/c1-22(2)28-18-25(35)10-15-29(28)43-16-5-17-47-32(43)41-31(45)39-20-33(3,4)19-23-6-8-24(9-7-23)30-40-21-44(42-30)26-11-13-27(14-12-26)46-34(36,37)38/h6-15,18,21-22H,5,16-17,19-20H2,1-4H3,(H,39,45)/b41-32-. The molecule has 1 aliphatic rings. The van der Waals surface area contributed by atoms with E-state index < -0.39 is 12.4 Å². The first-order valence-electron chi connectivity index (χ1n) is 15.2. The van der Waals surface area contributed by atoms with Crippen molar-refractivity contribution in [2.75, 3.05) is 23.7 Å². The van der Waals surface area contributed by atoms with Crippen LogP contribution < -0.4 is 15.0 Å². The molecule has 1 fully saturated rings. The summed E-state index contributed by atoms with van der Waals surface area (Å²) in [5.74, 6) is 0.834. The minimum Gasteiger partial charge on any atom is -0.406 e. The molecular formula is C34H36F4N6O2S. The monoisotopic (exact) mass is 668 g/mol. The first kappa shape index (κ1) is 34.0. The van der Waals surface area contributed by atoms with E-state index in [1.807, 2.05) is 43.0 Å². The molecule has 8 nitrogen and oxygen atoms in total. The number of anilines is 1. The Hall–Kier alpha value is -4.39. The van der Waals surface area contributed by atoms with Crippen LogP contribution in [0, 0.1) is 11.2 Å². The minimum absolute atomic E-state index is 0.113. The Bertz CT molecular complexity index is 1720. The summed E-state index contributed by atoms with van der Waals surface area (Å²) in [4.78, 5) is 23.7. The van der Waals surface area contributed by atoms with Crippen molar-refractivity contribution < 1.29 is 27.1 Å². The number of thioether (sulfide) groups is 1. The van der Waals surface area contributed by atoms with Crippen LogP contribution in [0.5, 0.6) is 5.75 Å². The lowest BCUT2D eigenvalue weighted by Crippen LogP contribution is -2.38. The molecule has 3 aromatic carbocycles. The van der Waals surface area contributed by atoms with Crippen molar-refractivity contribution in [3.63, 3.8) is 0 Å². The fraction of sp³-hybridized carbons (Fsp3) is 0.353. The fourth-order valence-electron chi connectivity index (χ4n) is 5.26. The van der Waals surface area contributed by atoms with Crippen LogP contribution in [0.3, 0.4) is 0 Å². The molecule has 1 N–H and O–H groups in total. The number of carbonyl (C=O) groups is 1. The van der Waals surface area contributed by atoms with Crippen molar-refractivity contribution in [1.29, 1.82) is 0 Å². The van der Waals surface area contributed by atoms with Crippen molar-refractivity contribution in [2.45, 2.75) is 52.8 Å². The normalized spacial score (nSPS) is 14.9. The van der Waals surface area contributed by atoms with Gasteiger partial charge in [0.05, 0.1) is 5.69 Å². The van der Waals surface area contributed by atoms with Gasteiger partial charge in [0.2, 0.25) is 0 Å². The van der Waals surface area contributed by atoms with Gasteiger partial charge in [-0.3, -0.25) is 0 Å². The number of alkyl halides is 3. The van der Waals surface area contributed by atoms with E-state index in [9.17, 15) is 22.4 Å². The molecule has 4 aromatic rings. The van der Waals surface area contributed by atoms with E-state index in [0.717, 1.165) is 34.6 Å². The van der Waals surface area contributed by atoms with E-state index in [1.165, 1.54) is 53.1 Å². The second-order valence-corrected chi connectivity index (χ2v) is 13.4. The lowest BCUT2D eigenvalue weighted by molar-refractivity contribution is -0.274. The summed E-state index contributed by atoms with van der Waals surface area (Å²) in [7, 11) is 0. The predicted molar refractivity (Wildman–Crippen MR) is 177 cm³/mol.